The van der Waals surface area contributed by atoms with E-state index in [9.17, 15) is 13.7 Å². The number of rotatable bonds is 1. The third-order valence-electron chi connectivity index (χ3n) is 0.875. The van der Waals surface area contributed by atoms with Crippen molar-refractivity contribution in [2.24, 2.45) is 5.18 Å². The number of halogens is 2. The quantitative estimate of drug-likeness (QED) is 0.563. The van der Waals surface area contributed by atoms with Crippen LogP contribution in [-0.4, -0.2) is 4.98 Å². The van der Waals surface area contributed by atoms with Crippen molar-refractivity contribution in [3.05, 3.63) is 28.8 Å². The van der Waals surface area contributed by atoms with Gasteiger partial charge >= 0.3 is 0 Å². The first kappa shape index (κ1) is 6.73. The second-order valence-electron chi connectivity index (χ2n) is 1.55. The number of nitrogens with zero attached hydrogens (tertiary/aromatic N) is 2. The van der Waals surface area contributed by atoms with Crippen LogP contribution >= 0.6 is 0 Å². The average Bonchev–Trinajstić information content (AvgIpc) is 1.88. The zero-order chi connectivity index (χ0) is 7.56. The molecule has 0 saturated heterocycles. The van der Waals surface area contributed by atoms with E-state index < -0.39 is 17.5 Å². The first-order chi connectivity index (χ1) is 4.74. The molecule has 0 bridgehead atoms. The van der Waals surface area contributed by atoms with Crippen molar-refractivity contribution < 1.29 is 8.78 Å². The van der Waals surface area contributed by atoms with Crippen molar-refractivity contribution in [3.8, 4) is 0 Å². The molecule has 0 N–H and O–H groups in total. The molecule has 0 saturated carbocycles. The van der Waals surface area contributed by atoms with Crippen LogP contribution in [0, 0.1) is 16.5 Å². The minimum atomic E-state index is -1.05. The van der Waals surface area contributed by atoms with Crippen molar-refractivity contribution >= 4 is 5.82 Å². The van der Waals surface area contributed by atoms with Crippen molar-refractivity contribution in [2.75, 3.05) is 0 Å². The summed E-state index contributed by atoms with van der Waals surface area (Å²) < 4.78 is 24.3. The molecule has 1 aromatic heterocycles. The summed E-state index contributed by atoms with van der Waals surface area (Å²) in [5.41, 5.74) is 0. The van der Waals surface area contributed by atoms with Gasteiger partial charge in [-0.3, -0.25) is 0 Å². The second-order valence-corrected chi connectivity index (χ2v) is 1.55. The van der Waals surface area contributed by atoms with E-state index in [0.29, 0.717) is 6.07 Å². The summed E-state index contributed by atoms with van der Waals surface area (Å²) in [7, 11) is 0. The molecule has 52 valence electrons. The van der Waals surface area contributed by atoms with Crippen molar-refractivity contribution in [2.45, 2.75) is 0 Å². The molecule has 0 atom stereocenters. The summed E-state index contributed by atoms with van der Waals surface area (Å²) in [6.07, 6.45) is 0.722. The van der Waals surface area contributed by atoms with Gasteiger partial charge in [0.05, 0.1) is 6.20 Å². The van der Waals surface area contributed by atoms with Crippen LogP contribution in [0.2, 0.25) is 0 Å². The lowest BCUT2D eigenvalue weighted by Gasteiger charge is -1.89. The van der Waals surface area contributed by atoms with Crippen LogP contribution in [0.1, 0.15) is 0 Å². The molecule has 5 heteroatoms. The van der Waals surface area contributed by atoms with E-state index in [4.69, 9.17) is 0 Å². The van der Waals surface area contributed by atoms with E-state index in [1.807, 2.05) is 0 Å². The summed E-state index contributed by atoms with van der Waals surface area (Å²) in [6.45, 7) is 0. The first-order valence-corrected chi connectivity index (χ1v) is 2.38. The smallest absolute Gasteiger partial charge is 0.229 e. The number of hydrogen-bond donors (Lipinski definition) is 0. The third-order valence-corrected chi connectivity index (χ3v) is 0.875. The third kappa shape index (κ3) is 1.12. The monoisotopic (exact) mass is 144 g/mol. The van der Waals surface area contributed by atoms with Crippen LogP contribution < -0.4 is 0 Å². The molecule has 0 unspecified atom stereocenters. The lowest BCUT2D eigenvalue weighted by Crippen LogP contribution is -1.82. The molecular weight excluding hydrogens is 142 g/mol. The highest BCUT2D eigenvalue weighted by molar-refractivity contribution is 5.27. The van der Waals surface area contributed by atoms with Crippen molar-refractivity contribution in [1.29, 1.82) is 0 Å². The summed E-state index contributed by atoms with van der Waals surface area (Å²) in [5, 5.41) is 2.21. The molecule has 10 heavy (non-hydrogen) atoms. The molecule has 3 nitrogen and oxygen atoms in total. The standard InChI is InChI=1S/C5H2F2N2O/c6-3-1-4(7)5(9-10)8-2-3/h1-2H. The molecule has 0 radical (unpaired) electrons. The molecule has 0 aromatic carbocycles. The van der Waals surface area contributed by atoms with Crippen LogP contribution in [0.5, 0.6) is 0 Å². The van der Waals surface area contributed by atoms with Crippen LogP contribution in [-0.2, 0) is 0 Å². The van der Waals surface area contributed by atoms with E-state index in [-0.39, 0.29) is 0 Å². The fraction of sp³-hybridized carbons (Fsp3) is 0. The highest BCUT2D eigenvalue weighted by atomic mass is 19.1. The van der Waals surface area contributed by atoms with E-state index in [1.54, 1.807) is 0 Å². The maximum absolute atomic E-state index is 12.3. The zero-order valence-corrected chi connectivity index (χ0v) is 4.71. The van der Waals surface area contributed by atoms with Gasteiger partial charge in [-0.15, -0.1) is 4.91 Å². The Morgan fingerprint density at radius 1 is 1.50 bits per heavy atom. The Labute approximate surface area is 54.7 Å². The zero-order valence-electron chi connectivity index (χ0n) is 4.71. The number of hydrogen-bond acceptors (Lipinski definition) is 3. The summed E-state index contributed by atoms with van der Waals surface area (Å²) in [4.78, 5) is 12.7. The van der Waals surface area contributed by atoms with Crippen LogP contribution in [0.3, 0.4) is 0 Å². The SMILES string of the molecule is O=Nc1ncc(F)cc1F. The van der Waals surface area contributed by atoms with Gasteiger partial charge in [0, 0.05) is 6.07 Å². The predicted molar refractivity (Wildman–Crippen MR) is 29.6 cm³/mol. The molecule has 0 amide bonds. The Bertz CT molecular complexity index is 264. The molecule has 0 aliphatic rings. The summed E-state index contributed by atoms with van der Waals surface area (Å²) >= 11 is 0. The van der Waals surface area contributed by atoms with E-state index in [1.165, 1.54) is 0 Å². The average molecular weight is 144 g/mol. The lowest BCUT2D eigenvalue weighted by molar-refractivity contribution is 0.575. The van der Waals surface area contributed by atoms with E-state index >= 15 is 0 Å². The summed E-state index contributed by atoms with van der Waals surface area (Å²) in [6, 6.07) is 0.545. The van der Waals surface area contributed by atoms with Crippen LogP contribution in [0.15, 0.2) is 17.4 Å². The van der Waals surface area contributed by atoms with Gasteiger partial charge in [0.2, 0.25) is 5.82 Å². The molecule has 0 aliphatic heterocycles. The fourth-order valence-electron chi connectivity index (χ4n) is 0.475. The molecule has 0 fully saturated rings. The number of aromatic nitrogens is 1. The molecular formula is C5H2F2N2O. The minimum absolute atomic E-state index is 0.545. The number of nitroso groups, excluding NO2 is 1. The summed E-state index contributed by atoms with van der Waals surface area (Å²) in [5.74, 6) is -2.50. The lowest BCUT2D eigenvalue weighted by atomic mass is 10.4. The Hall–Kier alpha value is -1.39. The van der Waals surface area contributed by atoms with Gasteiger partial charge in [0.15, 0.2) is 5.82 Å². The van der Waals surface area contributed by atoms with Gasteiger partial charge in [-0.1, -0.05) is 0 Å². The molecule has 1 rings (SSSR count). The van der Waals surface area contributed by atoms with E-state index in [0.717, 1.165) is 6.20 Å². The van der Waals surface area contributed by atoms with Gasteiger partial charge in [0.25, 0.3) is 0 Å². The molecule has 0 spiro atoms. The number of pyridine rings is 1. The fourth-order valence-corrected chi connectivity index (χ4v) is 0.475. The Morgan fingerprint density at radius 3 is 2.70 bits per heavy atom. The first-order valence-electron chi connectivity index (χ1n) is 2.38. The molecule has 1 heterocycles. The van der Waals surface area contributed by atoms with Gasteiger partial charge in [0.1, 0.15) is 5.82 Å². The second kappa shape index (κ2) is 2.47. The van der Waals surface area contributed by atoms with Crippen LogP contribution in [0.4, 0.5) is 14.6 Å². The van der Waals surface area contributed by atoms with Crippen LogP contribution in [0.25, 0.3) is 0 Å². The maximum atomic E-state index is 12.3. The Balaban J connectivity index is 3.19. The maximum Gasteiger partial charge on any atom is 0.232 e. The highest BCUT2D eigenvalue weighted by Gasteiger charge is 2.03. The Kier molecular flexibility index (Phi) is 1.66. The van der Waals surface area contributed by atoms with Crippen molar-refractivity contribution in [3.63, 3.8) is 0 Å². The van der Waals surface area contributed by atoms with Gasteiger partial charge in [-0.25, -0.2) is 13.8 Å². The normalized spacial score (nSPS) is 9.40. The Morgan fingerprint density at radius 2 is 2.20 bits per heavy atom. The van der Waals surface area contributed by atoms with Crippen molar-refractivity contribution in [1.82, 2.24) is 4.98 Å². The highest BCUT2D eigenvalue weighted by Crippen LogP contribution is 2.12. The van der Waals surface area contributed by atoms with Gasteiger partial charge in [-0.2, -0.15) is 0 Å². The topological polar surface area (TPSA) is 42.3 Å². The van der Waals surface area contributed by atoms with E-state index in [2.05, 4.69) is 10.2 Å². The molecule has 0 aliphatic carbocycles. The molecule has 1 aromatic rings. The van der Waals surface area contributed by atoms with Gasteiger partial charge in [-0.05, 0) is 5.18 Å². The predicted octanol–water partition coefficient (Wildman–Crippen LogP) is 1.76. The minimum Gasteiger partial charge on any atom is -0.229 e. The largest absolute Gasteiger partial charge is 0.232 e. The van der Waals surface area contributed by atoms with Gasteiger partial charge < -0.3 is 0 Å².